The molecule has 2 N–H and O–H groups in total. The standard InChI is InChI=1S/C12H12N4O/c1-16(11-8-14-6-7-15-11)10-5-3-2-4-9(10)12(13)17/h2-8H,1H3,(H2,13,17). The Hall–Kier alpha value is -2.43. The van der Waals surface area contributed by atoms with Crippen molar-refractivity contribution in [2.75, 3.05) is 11.9 Å². The van der Waals surface area contributed by atoms with Crippen LogP contribution in [0.15, 0.2) is 42.9 Å². The van der Waals surface area contributed by atoms with E-state index >= 15 is 0 Å². The monoisotopic (exact) mass is 228 g/mol. The van der Waals surface area contributed by atoms with E-state index in [9.17, 15) is 4.79 Å². The third kappa shape index (κ3) is 2.23. The van der Waals surface area contributed by atoms with E-state index in [2.05, 4.69) is 9.97 Å². The molecule has 0 bridgehead atoms. The quantitative estimate of drug-likeness (QED) is 0.860. The van der Waals surface area contributed by atoms with Crippen molar-refractivity contribution in [3.63, 3.8) is 0 Å². The lowest BCUT2D eigenvalue weighted by Crippen LogP contribution is -2.19. The third-order valence-corrected chi connectivity index (χ3v) is 2.42. The Labute approximate surface area is 98.9 Å². The van der Waals surface area contributed by atoms with Crippen LogP contribution in [0.25, 0.3) is 0 Å². The van der Waals surface area contributed by atoms with E-state index < -0.39 is 5.91 Å². The summed E-state index contributed by atoms with van der Waals surface area (Å²) in [6.07, 6.45) is 4.81. The number of amides is 1. The van der Waals surface area contributed by atoms with Crippen LogP contribution < -0.4 is 10.6 Å². The molecule has 2 rings (SSSR count). The zero-order chi connectivity index (χ0) is 12.3. The second-order valence-corrected chi connectivity index (χ2v) is 3.50. The van der Waals surface area contributed by atoms with Crippen molar-refractivity contribution in [2.45, 2.75) is 0 Å². The minimum absolute atomic E-state index is 0.459. The first kappa shape index (κ1) is 11.1. The maximum atomic E-state index is 11.3. The van der Waals surface area contributed by atoms with E-state index in [-0.39, 0.29) is 0 Å². The van der Waals surface area contributed by atoms with Crippen molar-refractivity contribution >= 4 is 17.4 Å². The molecule has 1 aromatic heterocycles. The van der Waals surface area contributed by atoms with Crippen molar-refractivity contribution in [3.8, 4) is 0 Å². The molecule has 5 nitrogen and oxygen atoms in total. The predicted molar refractivity (Wildman–Crippen MR) is 65.1 cm³/mol. The van der Waals surface area contributed by atoms with Crippen LogP contribution in [0.3, 0.4) is 0 Å². The number of rotatable bonds is 3. The van der Waals surface area contributed by atoms with Gasteiger partial charge in [-0.05, 0) is 12.1 Å². The van der Waals surface area contributed by atoms with Gasteiger partial charge in [0.15, 0.2) is 5.82 Å². The molecule has 86 valence electrons. The third-order valence-electron chi connectivity index (χ3n) is 2.42. The Morgan fingerprint density at radius 2 is 2.06 bits per heavy atom. The van der Waals surface area contributed by atoms with Crippen molar-refractivity contribution in [2.24, 2.45) is 5.73 Å². The highest BCUT2D eigenvalue weighted by Crippen LogP contribution is 2.24. The van der Waals surface area contributed by atoms with E-state index in [0.717, 1.165) is 0 Å². The average molecular weight is 228 g/mol. The average Bonchev–Trinajstić information content (AvgIpc) is 2.39. The van der Waals surface area contributed by atoms with Gasteiger partial charge in [0.05, 0.1) is 17.4 Å². The Morgan fingerprint density at radius 3 is 2.71 bits per heavy atom. The lowest BCUT2D eigenvalue weighted by Gasteiger charge is -2.19. The van der Waals surface area contributed by atoms with E-state index in [1.807, 2.05) is 19.2 Å². The first-order valence-electron chi connectivity index (χ1n) is 5.08. The van der Waals surface area contributed by atoms with Gasteiger partial charge < -0.3 is 10.6 Å². The van der Waals surface area contributed by atoms with E-state index in [1.54, 1.807) is 35.6 Å². The number of aromatic nitrogens is 2. The largest absolute Gasteiger partial charge is 0.366 e. The summed E-state index contributed by atoms with van der Waals surface area (Å²) >= 11 is 0. The van der Waals surface area contributed by atoms with Gasteiger partial charge in [0, 0.05) is 19.4 Å². The van der Waals surface area contributed by atoms with Gasteiger partial charge in [0.2, 0.25) is 0 Å². The molecule has 0 saturated heterocycles. The molecule has 2 aromatic rings. The Balaban J connectivity index is 2.44. The second kappa shape index (κ2) is 4.61. The highest BCUT2D eigenvalue weighted by molar-refractivity contribution is 5.99. The van der Waals surface area contributed by atoms with Gasteiger partial charge in [0.1, 0.15) is 0 Å². The Bertz CT molecular complexity index is 527. The first-order chi connectivity index (χ1) is 8.20. The van der Waals surface area contributed by atoms with Crippen molar-refractivity contribution in [3.05, 3.63) is 48.4 Å². The Morgan fingerprint density at radius 1 is 1.29 bits per heavy atom. The molecule has 0 atom stereocenters. The van der Waals surface area contributed by atoms with Crippen LogP contribution in [-0.4, -0.2) is 22.9 Å². The highest BCUT2D eigenvalue weighted by Gasteiger charge is 2.12. The van der Waals surface area contributed by atoms with Gasteiger partial charge >= 0.3 is 0 Å². The van der Waals surface area contributed by atoms with Crippen LogP contribution in [-0.2, 0) is 0 Å². The molecule has 0 spiro atoms. The summed E-state index contributed by atoms with van der Waals surface area (Å²) in [5.41, 5.74) is 6.50. The topological polar surface area (TPSA) is 72.1 Å². The van der Waals surface area contributed by atoms with Crippen molar-refractivity contribution in [1.29, 1.82) is 0 Å². The number of carbonyl (C=O) groups excluding carboxylic acids is 1. The van der Waals surface area contributed by atoms with E-state index in [4.69, 9.17) is 5.73 Å². The highest BCUT2D eigenvalue weighted by atomic mass is 16.1. The number of benzene rings is 1. The number of para-hydroxylation sites is 1. The maximum absolute atomic E-state index is 11.3. The lowest BCUT2D eigenvalue weighted by molar-refractivity contribution is 0.100. The first-order valence-corrected chi connectivity index (χ1v) is 5.08. The molecule has 0 saturated carbocycles. The van der Waals surface area contributed by atoms with Gasteiger partial charge in [-0.25, -0.2) is 4.98 Å². The minimum atomic E-state index is -0.462. The van der Waals surface area contributed by atoms with Gasteiger partial charge in [-0.15, -0.1) is 0 Å². The number of carbonyl (C=O) groups is 1. The zero-order valence-corrected chi connectivity index (χ0v) is 9.37. The molecule has 5 heteroatoms. The minimum Gasteiger partial charge on any atom is -0.366 e. The van der Waals surface area contributed by atoms with Gasteiger partial charge in [-0.1, -0.05) is 12.1 Å². The summed E-state index contributed by atoms with van der Waals surface area (Å²) in [6.45, 7) is 0. The number of hydrogen-bond acceptors (Lipinski definition) is 4. The molecule has 0 fully saturated rings. The number of nitrogens with two attached hydrogens (primary N) is 1. The fourth-order valence-corrected chi connectivity index (χ4v) is 1.56. The molecule has 0 radical (unpaired) electrons. The van der Waals surface area contributed by atoms with Gasteiger partial charge in [0.25, 0.3) is 5.91 Å². The molecule has 1 aromatic carbocycles. The summed E-state index contributed by atoms with van der Waals surface area (Å²) in [7, 11) is 1.81. The van der Waals surface area contributed by atoms with Crippen LogP contribution >= 0.6 is 0 Å². The summed E-state index contributed by atoms with van der Waals surface area (Å²) < 4.78 is 0. The number of hydrogen-bond donors (Lipinski definition) is 1. The molecule has 0 aliphatic carbocycles. The number of anilines is 2. The summed E-state index contributed by atoms with van der Waals surface area (Å²) in [5, 5.41) is 0. The van der Waals surface area contributed by atoms with Crippen LogP contribution in [0, 0.1) is 0 Å². The molecular formula is C12H12N4O. The maximum Gasteiger partial charge on any atom is 0.250 e. The van der Waals surface area contributed by atoms with Gasteiger partial charge in [-0.3, -0.25) is 9.78 Å². The van der Waals surface area contributed by atoms with E-state index in [0.29, 0.717) is 17.1 Å². The molecule has 1 amide bonds. The second-order valence-electron chi connectivity index (χ2n) is 3.50. The molecule has 0 unspecified atom stereocenters. The van der Waals surface area contributed by atoms with Crippen LogP contribution in [0.5, 0.6) is 0 Å². The number of primary amides is 1. The summed E-state index contributed by atoms with van der Waals surface area (Å²) in [6, 6.07) is 7.11. The number of nitrogens with zero attached hydrogens (tertiary/aromatic N) is 3. The van der Waals surface area contributed by atoms with Crippen molar-refractivity contribution < 1.29 is 4.79 Å². The van der Waals surface area contributed by atoms with Crippen LogP contribution in [0.1, 0.15) is 10.4 Å². The smallest absolute Gasteiger partial charge is 0.250 e. The Kier molecular flexibility index (Phi) is 3.00. The normalized spacial score (nSPS) is 9.94. The zero-order valence-electron chi connectivity index (χ0n) is 9.37. The lowest BCUT2D eigenvalue weighted by atomic mass is 10.1. The summed E-state index contributed by atoms with van der Waals surface area (Å²) in [4.78, 5) is 21.2. The fourth-order valence-electron chi connectivity index (χ4n) is 1.56. The van der Waals surface area contributed by atoms with Crippen molar-refractivity contribution in [1.82, 2.24) is 9.97 Å². The molecule has 17 heavy (non-hydrogen) atoms. The van der Waals surface area contributed by atoms with Gasteiger partial charge in [-0.2, -0.15) is 0 Å². The summed E-state index contributed by atoms with van der Waals surface area (Å²) in [5.74, 6) is 0.192. The van der Waals surface area contributed by atoms with Crippen LogP contribution in [0.4, 0.5) is 11.5 Å². The van der Waals surface area contributed by atoms with E-state index in [1.165, 1.54) is 0 Å². The predicted octanol–water partition coefficient (Wildman–Crippen LogP) is 1.34. The SMILES string of the molecule is CN(c1cnccn1)c1ccccc1C(N)=O. The molecule has 0 aliphatic heterocycles. The fraction of sp³-hybridized carbons (Fsp3) is 0.0833. The molecule has 1 heterocycles. The molecule has 0 aliphatic rings. The van der Waals surface area contributed by atoms with Crippen LogP contribution in [0.2, 0.25) is 0 Å². The molecular weight excluding hydrogens is 216 g/mol.